The minimum atomic E-state index is -4.23. The van der Waals surface area contributed by atoms with Crippen LogP contribution in [0.1, 0.15) is 6.42 Å². The highest BCUT2D eigenvalue weighted by Gasteiger charge is 2.41. The number of carbonyl (C=O) groups is 1. The van der Waals surface area contributed by atoms with Gasteiger partial charge < -0.3 is 4.90 Å². The number of nitrogens with zero attached hydrogens (tertiary/aromatic N) is 1. The van der Waals surface area contributed by atoms with E-state index in [-0.39, 0.29) is 4.90 Å². The Kier molecular flexibility index (Phi) is 3.87. The van der Waals surface area contributed by atoms with E-state index in [4.69, 9.17) is 10.7 Å². The molecule has 1 unspecified atom stereocenters. The van der Waals surface area contributed by atoms with E-state index in [1.807, 2.05) is 0 Å². The normalized spacial score (nSPS) is 19.4. The average molecular weight is 350 g/mol. The fourth-order valence-corrected chi connectivity index (χ4v) is 2.94. The number of rotatable bonds is 2. The van der Waals surface area contributed by atoms with Crippen LogP contribution in [0, 0.1) is 29.1 Å². The zero-order valence-electron chi connectivity index (χ0n) is 9.84. The van der Waals surface area contributed by atoms with Gasteiger partial charge in [0.1, 0.15) is 10.9 Å². The summed E-state index contributed by atoms with van der Waals surface area (Å²) in [7, 11) is 0.795. The SMILES string of the molecule is O=C1CC(S(=O)(=O)Cl)CN1c1c(F)c(F)c(F)c(F)c1F. The molecule has 1 heterocycles. The molecule has 116 valence electrons. The van der Waals surface area contributed by atoms with Crippen LogP contribution in [-0.2, 0) is 13.8 Å². The van der Waals surface area contributed by atoms with Crippen LogP contribution in [0.25, 0.3) is 0 Å². The highest BCUT2D eigenvalue weighted by Crippen LogP contribution is 2.34. The quantitative estimate of drug-likeness (QED) is 0.355. The van der Waals surface area contributed by atoms with Gasteiger partial charge in [-0.25, -0.2) is 30.4 Å². The molecule has 0 saturated carbocycles. The number of hydrogen-bond donors (Lipinski definition) is 0. The lowest BCUT2D eigenvalue weighted by molar-refractivity contribution is -0.117. The predicted molar refractivity (Wildman–Crippen MR) is 61.8 cm³/mol. The number of benzene rings is 1. The van der Waals surface area contributed by atoms with Gasteiger partial charge in [0.25, 0.3) is 0 Å². The molecule has 1 aliphatic rings. The maximum Gasteiger partial charge on any atom is 0.237 e. The van der Waals surface area contributed by atoms with Gasteiger partial charge in [-0.05, 0) is 0 Å². The third-order valence-corrected chi connectivity index (χ3v) is 4.81. The third kappa shape index (κ3) is 2.57. The second-order valence-electron chi connectivity index (χ2n) is 4.22. The summed E-state index contributed by atoms with van der Waals surface area (Å²) in [5, 5.41) is -1.50. The van der Waals surface area contributed by atoms with Gasteiger partial charge in [0, 0.05) is 23.6 Å². The lowest BCUT2D eigenvalue weighted by atomic mass is 10.2. The summed E-state index contributed by atoms with van der Waals surface area (Å²) in [6, 6.07) is 0. The first-order chi connectivity index (χ1) is 9.55. The summed E-state index contributed by atoms with van der Waals surface area (Å²) in [5.41, 5.74) is -1.49. The molecule has 0 aliphatic carbocycles. The fourth-order valence-electron chi connectivity index (χ4n) is 1.91. The number of anilines is 1. The van der Waals surface area contributed by atoms with Gasteiger partial charge in [0.05, 0.1) is 0 Å². The zero-order valence-corrected chi connectivity index (χ0v) is 11.4. The Morgan fingerprint density at radius 2 is 1.38 bits per heavy atom. The molecule has 1 atom stereocenters. The molecule has 0 N–H and O–H groups in total. The largest absolute Gasteiger partial charge is 0.306 e. The van der Waals surface area contributed by atoms with Crippen molar-refractivity contribution in [3.63, 3.8) is 0 Å². The van der Waals surface area contributed by atoms with E-state index in [0.29, 0.717) is 0 Å². The summed E-state index contributed by atoms with van der Waals surface area (Å²) < 4.78 is 88.4. The van der Waals surface area contributed by atoms with Crippen LogP contribution in [0.5, 0.6) is 0 Å². The molecule has 0 bridgehead atoms. The predicted octanol–water partition coefficient (Wildman–Crippen LogP) is 2.06. The first kappa shape index (κ1) is 16.0. The van der Waals surface area contributed by atoms with Crippen molar-refractivity contribution in [1.82, 2.24) is 0 Å². The first-order valence-electron chi connectivity index (χ1n) is 5.31. The van der Waals surface area contributed by atoms with Crippen LogP contribution >= 0.6 is 10.7 Å². The van der Waals surface area contributed by atoms with Gasteiger partial charge >= 0.3 is 0 Å². The standard InChI is InChI=1S/C10H5ClF5NO3S/c11-21(19,20)3-1-4(18)17(2-3)10-8(15)6(13)5(12)7(14)9(10)16/h3H,1-2H2. The van der Waals surface area contributed by atoms with E-state index in [1.54, 1.807) is 0 Å². The van der Waals surface area contributed by atoms with E-state index in [2.05, 4.69) is 0 Å². The summed E-state index contributed by atoms with van der Waals surface area (Å²) in [6.07, 6.45) is -0.717. The van der Waals surface area contributed by atoms with Crippen molar-refractivity contribution in [2.45, 2.75) is 11.7 Å². The molecule has 11 heteroatoms. The van der Waals surface area contributed by atoms with Crippen molar-refractivity contribution >= 4 is 31.3 Å². The number of carbonyl (C=O) groups excluding carboxylic acids is 1. The lowest BCUT2D eigenvalue weighted by Crippen LogP contribution is -2.29. The van der Waals surface area contributed by atoms with Crippen LogP contribution in [0.2, 0.25) is 0 Å². The van der Waals surface area contributed by atoms with Crippen LogP contribution < -0.4 is 4.90 Å². The minimum absolute atomic E-state index is 0.181. The molecule has 1 fully saturated rings. The van der Waals surface area contributed by atoms with Crippen molar-refractivity contribution in [2.24, 2.45) is 0 Å². The van der Waals surface area contributed by atoms with E-state index < -0.39 is 67.9 Å². The molecule has 0 radical (unpaired) electrons. The highest BCUT2D eigenvalue weighted by molar-refractivity contribution is 8.14. The van der Waals surface area contributed by atoms with Crippen molar-refractivity contribution in [2.75, 3.05) is 11.4 Å². The molecular weight excluding hydrogens is 345 g/mol. The Hall–Kier alpha value is -1.42. The molecule has 21 heavy (non-hydrogen) atoms. The molecule has 0 aromatic heterocycles. The van der Waals surface area contributed by atoms with Crippen molar-refractivity contribution in [3.05, 3.63) is 29.1 Å². The van der Waals surface area contributed by atoms with Gasteiger partial charge in [-0.15, -0.1) is 0 Å². The Labute approximate surface area is 119 Å². The molecule has 1 aromatic rings. The van der Waals surface area contributed by atoms with Crippen LogP contribution in [-0.4, -0.2) is 26.1 Å². The van der Waals surface area contributed by atoms with Gasteiger partial charge in [-0.2, -0.15) is 0 Å². The molecule has 1 aromatic carbocycles. The van der Waals surface area contributed by atoms with Crippen molar-refractivity contribution < 1.29 is 35.2 Å². The molecule has 2 rings (SSSR count). The lowest BCUT2D eigenvalue weighted by Gasteiger charge is -2.18. The molecule has 1 saturated heterocycles. The van der Waals surface area contributed by atoms with E-state index in [1.165, 1.54) is 0 Å². The Bertz CT molecular complexity index is 710. The highest BCUT2D eigenvalue weighted by atomic mass is 35.7. The second-order valence-corrected chi connectivity index (χ2v) is 7.13. The van der Waals surface area contributed by atoms with Gasteiger partial charge in [-0.1, -0.05) is 0 Å². The van der Waals surface area contributed by atoms with E-state index >= 15 is 0 Å². The first-order valence-corrected chi connectivity index (χ1v) is 7.68. The monoisotopic (exact) mass is 349 g/mol. The minimum Gasteiger partial charge on any atom is -0.306 e. The zero-order chi connectivity index (χ0) is 16.1. The summed E-state index contributed by atoms with van der Waals surface area (Å²) in [6.45, 7) is -0.803. The smallest absolute Gasteiger partial charge is 0.237 e. The summed E-state index contributed by atoms with van der Waals surface area (Å²) in [4.78, 5) is 11.8. The molecule has 4 nitrogen and oxygen atoms in total. The maximum atomic E-state index is 13.6. The molecule has 0 spiro atoms. The fraction of sp³-hybridized carbons (Fsp3) is 0.300. The molecule has 1 amide bonds. The molecular formula is C10H5ClF5NO3S. The number of halogens is 6. The number of hydrogen-bond acceptors (Lipinski definition) is 3. The van der Waals surface area contributed by atoms with Gasteiger partial charge in [-0.3, -0.25) is 4.79 Å². The van der Waals surface area contributed by atoms with Crippen molar-refractivity contribution in [3.8, 4) is 0 Å². The van der Waals surface area contributed by atoms with Gasteiger partial charge in [0.2, 0.25) is 20.8 Å². The van der Waals surface area contributed by atoms with Crippen molar-refractivity contribution in [1.29, 1.82) is 0 Å². The number of amides is 1. The third-order valence-electron chi connectivity index (χ3n) is 2.94. The Balaban J connectivity index is 2.56. The summed E-state index contributed by atoms with van der Waals surface area (Å²) in [5.74, 6) is -12.4. The van der Waals surface area contributed by atoms with Crippen LogP contribution in [0.3, 0.4) is 0 Å². The van der Waals surface area contributed by atoms with E-state index in [9.17, 15) is 35.2 Å². The second kappa shape index (κ2) is 5.09. The van der Waals surface area contributed by atoms with Gasteiger partial charge in [0.15, 0.2) is 23.3 Å². The average Bonchev–Trinajstić information content (AvgIpc) is 2.77. The van der Waals surface area contributed by atoms with Crippen LogP contribution in [0.15, 0.2) is 0 Å². The maximum absolute atomic E-state index is 13.6. The topological polar surface area (TPSA) is 54.5 Å². The van der Waals surface area contributed by atoms with Crippen LogP contribution in [0.4, 0.5) is 27.6 Å². The molecule has 1 aliphatic heterocycles. The van der Waals surface area contributed by atoms with E-state index in [0.717, 1.165) is 0 Å². The Morgan fingerprint density at radius 3 is 1.76 bits per heavy atom. The Morgan fingerprint density at radius 1 is 0.952 bits per heavy atom. The summed E-state index contributed by atoms with van der Waals surface area (Å²) >= 11 is 0.